The smallest absolute Gasteiger partial charge is 0.224 e. The number of benzene rings is 1. The summed E-state index contributed by atoms with van der Waals surface area (Å²) in [7, 11) is -3.25. The predicted octanol–water partition coefficient (Wildman–Crippen LogP) is 6.53. The van der Waals surface area contributed by atoms with Crippen molar-refractivity contribution in [2.75, 3.05) is 11.9 Å². The second-order valence-corrected chi connectivity index (χ2v) is 12.2. The Bertz CT molecular complexity index is 1220. The molecule has 2 fully saturated rings. The number of hydrogen-bond donors (Lipinski definition) is 1. The lowest BCUT2D eigenvalue weighted by molar-refractivity contribution is 0.360. The first-order valence-electron chi connectivity index (χ1n) is 13.0. The van der Waals surface area contributed by atoms with Crippen molar-refractivity contribution in [2.24, 2.45) is 0 Å². The molecule has 0 amide bonds. The zero-order valence-corrected chi connectivity index (χ0v) is 21.0. The average molecular weight is 481 g/mol. The molecule has 0 bridgehead atoms. The van der Waals surface area contributed by atoms with E-state index in [9.17, 15) is 8.42 Å². The van der Waals surface area contributed by atoms with E-state index in [0.29, 0.717) is 16.9 Å². The van der Waals surface area contributed by atoms with Gasteiger partial charge in [0.25, 0.3) is 0 Å². The molecule has 182 valence electrons. The lowest BCUT2D eigenvalue weighted by Gasteiger charge is -2.23. The van der Waals surface area contributed by atoms with Crippen LogP contribution in [0.3, 0.4) is 0 Å². The molecular formula is C27H36N4O2S. The van der Waals surface area contributed by atoms with Crippen LogP contribution in [0.2, 0.25) is 0 Å². The van der Waals surface area contributed by atoms with Gasteiger partial charge in [-0.15, -0.1) is 0 Å². The molecule has 0 spiro atoms. The van der Waals surface area contributed by atoms with Gasteiger partial charge in [0.2, 0.25) is 5.95 Å². The van der Waals surface area contributed by atoms with Gasteiger partial charge in [-0.1, -0.05) is 57.6 Å². The van der Waals surface area contributed by atoms with E-state index in [1.54, 1.807) is 12.1 Å². The summed E-state index contributed by atoms with van der Waals surface area (Å²) in [5, 5.41) is 4.17. The van der Waals surface area contributed by atoms with E-state index < -0.39 is 9.84 Å². The van der Waals surface area contributed by atoms with Crippen molar-refractivity contribution in [1.82, 2.24) is 14.5 Å². The number of nitrogens with zero attached hydrogens (tertiary/aromatic N) is 3. The van der Waals surface area contributed by atoms with Crippen molar-refractivity contribution in [3.8, 4) is 11.1 Å². The predicted molar refractivity (Wildman–Crippen MR) is 138 cm³/mol. The molecule has 2 aliphatic carbocycles. The third-order valence-corrected chi connectivity index (χ3v) is 9.87. The molecule has 0 radical (unpaired) electrons. The molecule has 7 heteroatoms. The fourth-order valence-corrected chi connectivity index (χ4v) is 7.43. The minimum atomic E-state index is -3.25. The summed E-state index contributed by atoms with van der Waals surface area (Å²) >= 11 is 0. The van der Waals surface area contributed by atoms with Crippen molar-refractivity contribution in [3.63, 3.8) is 0 Å². The second-order valence-electron chi connectivity index (χ2n) is 9.93. The van der Waals surface area contributed by atoms with Crippen molar-refractivity contribution in [3.05, 3.63) is 36.7 Å². The molecule has 1 N–H and O–H groups in total. The van der Waals surface area contributed by atoms with E-state index in [2.05, 4.69) is 28.0 Å². The minimum absolute atomic E-state index is 0.224. The van der Waals surface area contributed by atoms with Gasteiger partial charge in [-0.05, 0) is 49.8 Å². The van der Waals surface area contributed by atoms with E-state index in [1.807, 2.05) is 18.3 Å². The topological polar surface area (TPSA) is 76.9 Å². The Kier molecular flexibility index (Phi) is 6.91. The summed E-state index contributed by atoms with van der Waals surface area (Å²) in [5.74, 6) is 0.681. The fourth-order valence-electron chi connectivity index (χ4n) is 5.57. The highest BCUT2D eigenvalue weighted by atomic mass is 32.2. The van der Waals surface area contributed by atoms with Crippen LogP contribution in [0.1, 0.15) is 83.6 Å². The summed E-state index contributed by atoms with van der Waals surface area (Å²) in [5.41, 5.74) is 3.06. The van der Waals surface area contributed by atoms with Gasteiger partial charge in [0.15, 0.2) is 9.84 Å². The van der Waals surface area contributed by atoms with Gasteiger partial charge in [0.1, 0.15) is 5.65 Å². The first-order chi connectivity index (χ1) is 16.6. The zero-order chi connectivity index (χ0) is 23.5. The Balaban J connectivity index is 1.51. The van der Waals surface area contributed by atoms with E-state index in [1.165, 1.54) is 32.1 Å². The molecule has 1 aromatic carbocycles. The number of nitrogens with one attached hydrogen (secondary N) is 1. The largest absolute Gasteiger partial charge is 0.354 e. The molecule has 0 unspecified atom stereocenters. The maximum atomic E-state index is 13.0. The molecule has 34 heavy (non-hydrogen) atoms. The third kappa shape index (κ3) is 4.59. The number of fused-ring (bicyclic) bond motifs is 1. The summed E-state index contributed by atoms with van der Waals surface area (Å²) in [6.07, 6.45) is 16.1. The van der Waals surface area contributed by atoms with Crippen LogP contribution in [0.15, 0.2) is 41.6 Å². The number of aromatic nitrogens is 3. The molecular weight excluding hydrogens is 444 g/mol. The molecule has 0 aliphatic heterocycles. The Morgan fingerprint density at radius 3 is 2.41 bits per heavy atom. The van der Waals surface area contributed by atoms with Crippen LogP contribution in [0.4, 0.5) is 5.95 Å². The molecule has 2 heterocycles. The number of sulfone groups is 1. The van der Waals surface area contributed by atoms with Crippen LogP contribution in [0.5, 0.6) is 0 Å². The Morgan fingerprint density at radius 2 is 1.71 bits per heavy atom. The van der Waals surface area contributed by atoms with E-state index in [4.69, 9.17) is 4.98 Å². The molecule has 6 nitrogen and oxygen atoms in total. The molecule has 3 aromatic rings. The first kappa shape index (κ1) is 23.3. The minimum Gasteiger partial charge on any atom is -0.354 e. The van der Waals surface area contributed by atoms with Crippen LogP contribution in [0, 0.1) is 0 Å². The summed E-state index contributed by atoms with van der Waals surface area (Å²) < 4.78 is 28.4. The molecule has 2 saturated carbocycles. The Labute approximate surface area is 203 Å². The van der Waals surface area contributed by atoms with Crippen molar-refractivity contribution >= 4 is 26.8 Å². The van der Waals surface area contributed by atoms with Crippen molar-refractivity contribution in [1.29, 1.82) is 0 Å². The van der Waals surface area contributed by atoms with Gasteiger partial charge in [-0.25, -0.2) is 13.4 Å². The van der Waals surface area contributed by atoms with E-state index in [0.717, 1.165) is 67.2 Å². The van der Waals surface area contributed by atoms with Gasteiger partial charge in [-0.3, -0.25) is 0 Å². The highest BCUT2D eigenvalue weighted by Gasteiger charge is 2.30. The standard InChI is InChI=1S/C27H36N4O2S/c1-2-3-17-28-27-29-18-24-25(19-31(26(24)30-27)21-9-5-4-6-10-21)20-13-15-23(16-14-20)34(32,33)22-11-7-8-12-22/h13-16,18-19,21-22H,2-12,17H2,1H3,(H,28,29,30). The van der Waals surface area contributed by atoms with Gasteiger partial charge in [-0.2, -0.15) is 4.98 Å². The Morgan fingerprint density at radius 1 is 1.00 bits per heavy atom. The highest BCUT2D eigenvalue weighted by Crippen LogP contribution is 2.37. The van der Waals surface area contributed by atoms with Crippen LogP contribution in [-0.4, -0.2) is 34.7 Å². The summed E-state index contributed by atoms with van der Waals surface area (Å²) in [6, 6.07) is 7.93. The molecule has 0 saturated heterocycles. The zero-order valence-electron chi connectivity index (χ0n) is 20.2. The van der Waals surface area contributed by atoms with Crippen LogP contribution >= 0.6 is 0 Å². The molecule has 2 aromatic heterocycles. The second kappa shape index (κ2) is 10.1. The lowest BCUT2D eigenvalue weighted by Crippen LogP contribution is -2.17. The van der Waals surface area contributed by atoms with Gasteiger partial charge < -0.3 is 9.88 Å². The first-order valence-corrected chi connectivity index (χ1v) is 14.6. The summed E-state index contributed by atoms with van der Waals surface area (Å²) in [6.45, 7) is 3.05. The number of anilines is 1. The maximum Gasteiger partial charge on any atom is 0.224 e. The van der Waals surface area contributed by atoms with Crippen molar-refractivity contribution < 1.29 is 8.42 Å². The van der Waals surface area contributed by atoms with E-state index >= 15 is 0 Å². The molecule has 0 atom stereocenters. The van der Waals surface area contributed by atoms with Crippen LogP contribution in [-0.2, 0) is 9.84 Å². The number of unbranched alkanes of at least 4 members (excludes halogenated alkanes) is 1. The van der Waals surface area contributed by atoms with Crippen molar-refractivity contribution in [2.45, 2.75) is 93.7 Å². The monoisotopic (exact) mass is 480 g/mol. The SMILES string of the molecule is CCCCNc1ncc2c(-c3ccc(S(=O)(=O)C4CCCC4)cc3)cn(C3CCCCC3)c2n1. The number of rotatable bonds is 8. The Hall–Kier alpha value is -2.41. The molecule has 2 aliphatic rings. The third-order valence-electron chi connectivity index (χ3n) is 7.59. The van der Waals surface area contributed by atoms with Crippen LogP contribution in [0.25, 0.3) is 22.2 Å². The van der Waals surface area contributed by atoms with Gasteiger partial charge >= 0.3 is 0 Å². The molecule has 5 rings (SSSR count). The van der Waals surface area contributed by atoms with Crippen LogP contribution < -0.4 is 5.32 Å². The normalized spacial score (nSPS) is 18.0. The van der Waals surface area contributed by atoms with Gasteiger partial charge in [0, 0.05) is 35.9 Å². The lowest BCUT2D eigenvalue weighted by atomic mass is 9.95. The highest BCUT2D eigenvalue weighted by molar-refractivity contribution is 7.92. The quantitative estimate of drug-likeness (QED) is 0.371. The van der Waals surface area contributed by atoms with E-state index in [-0.39, 0.29) is 5.25 Å². The summed E-state index contributed by atoms with van der Waals surface area (Å²) in [4.78, 5) is 9.97. The number of hydrogen-bond acceptors (Lipinski definition) is 5. The maximum absolute atomic E-state index is 13.0. The average Bonchev–Trinajstić information content (AvgIpc) is 3.54. The van der Waals surface area contributed by atoms with Gasteiger partial charge in [0.05, 0.1) is 10.1 Å². The fraction of sp³-hybridized carbons (Fsp3) is 0.556.